The van der Waals surface area contributed by atoms with Gasteiger partial charge in [0.2, 0.25) is 5.92 Å². The van der Waals surface area contributed by atoms with E-state index in [9.17, 15) is 17.6 Å². The molecule has 0 heterocycles. The first-order valence-electron chi connectivity index (χ1n) is 5.56. The van der Waals surface area contributed by atoms with Crippen molar-refractivity contribution in [1.29, 1.82) is 0 Å². The minimum absolute atomic E-state index is 0.00407. The van der Waals surface area contributed by atoms with Gasteiger partial charge in [-0.2, -0.15) is 0 Å². The Bertz CT molecular complexity index is 465. The summed E-state index contributed by atoms with van der Waals surface area (Å²) in [6.45, 7) is 0. The third-order valence-corrected chi connectivity index (χ3v) is 3.79. The van der Waals surface area contributed by atoms with Gasteiger partial charge in [0, 0.05) is 23.9 Å². The van der Waals surface area contributed by atoms with Gasteiger partial charge >= 0.3 is 0 Å². The fourth-order valence-corrected chi connectivity index (χ4v) is 2.41. The zero-order chi connectivity index (χ0) is 13.6. The topological polar surface area (TPSA) is 26.0 Å². The van der Waals surface area contributed by atoms with Crippen LogP contribution in [0.1, 0.15) is 31.2 Å². The molecule has 0 aliphatic heterocycles. The smallest absolute Gasteiger partial charge is 0.248 e. The lowest BCUT2D eigenvalue weighted by molar-refractivity contribution is -0.0518. The number of benzene rings is 1. The molecule has 1 aliphatic rings. The van der Waals surface area contributed by atoms with Crippen molar-refractivity contribution >= 4 is 11.6 Å². The molecule has 1 nitrogen and oxygen atoms in total. The Morgan fingerprint density at radius 1 is 1.06 bits per heavy atom. The maximum atomic E-state index is 13.8. The van der Waals surface area contributed by atoms with Crippen molar-refractivity contribution in [3.05, 3.63) is 34.4 Å². The minimum atomic E-state index is -2.76. The molecule has 1 aromatic rings. The average Bonchev–Trinajstić information content (AvgIpc) is 2.31. The Morgan fingerprint density at radius 2 is 1.61 bits per heavy atom. The standard InChI is InChI=1S/C12H12ClF4N/c13-9-8(14)2-1-7(10(9)15)11(18)3-5-12(16,17)6-4-11/h1-2H,3-6,18H2. The maximum Gasteiger partial charge on any atom is 0.248 e. The van der Waals surface area contributed by atoms with Crippen molar-refractivity contribution in [2.45, 2.75) is 37.1 Å². The molecule has 1 saturated carbocycles. The van der Waals surface area contributed by atoms with Gasteiger partial charge in [0.15, 0.2) is 0 Å². The van der Waals surface area contributed by atoms with Crippen molar-refractivity contribution in [1.82, 2.24) is 0 Å². The molecule has 1 aliphatic carbocycles. The lowest BCUT2D eigenvalue weighted by Gasteiger charge is -2.37. The largest absolute Gasteiger partial charge is 0.321 e. The molecule has 18 heavy (non-hydrogen) atoms. The van der Waals surface area contributed by atoms with E-state index >= 15 is 0 Å². The quantitative estimate of drug-likeness (QED) is 0.611. The Morgan fingerprint density at radius 3 is 2.17 bits per heavy atom. The highest BCUT2D eigenvalue weighted by molar-refractivity contribution is 6.31. The van der Waals surface area contributed by atoms with Crippen LogP contribution < -0.4 is 5.73 Å². The van der Waals surface area contributed by atoms with E-state index in [4.69, 9.17) is 17.3 Å². The summed E-state index contributed by atoms with van der Waals surface area (Å²) in [5.41, 5.74) is 4.77. The molecule has 2 N–H and O–H groups in total. The SMILES string of the molecule is NC1(c2ccc(F)c(Cl)c2F)CCC(F)(F)CC1. The predicted molar refractivity (Wildman–Crippen MR) is 60.6 cm³/mol. The van der Waals surface area contributed by atoms with Crippen molar-refractivity contribution in [2.24, 2.45) is 5.73 Å². The van der Waals surface area contributed by atoms with Crippen LogP contribution in [0.15, 0.2) is 12.1 Å². The Balaban J connectivity index is 2.35. The summed E-state index contributed by atoms with van der Waals surface area (Å²) >= 11 is 5.47. The number of nitrogens with two attached hydrogens (primary N) is 1. The van der Waals surface area contributed by atoms with Crippen LogP contribution >= 0.6 is 11.6 Å². The first-order chi connectivity index (χ1) is 8.25. The summed E-state index contributed by atoms with van der Waals surface area (Å²) in [7, 11) is 0. The second-order valence-electron chi connectivity index (χ2n) is 4.74. The van der Waals surface area contributed by atoms with Crippen LogP contribution in [0.5, 0.6) is 0 Å². The molecule has 6 heteroatoms. The predicted octanol–water partition coefficient (Wildman–Crippen LogP) is 3.98. The number of hydrogen-bond acceptors (Lipinski definition) is 1. The second-order valence-corrected chi connectivity index (χ2v) is 5.11. The van der Waals surface area contributed by atoms with Crippen molar-refractivity contribution in [3.63, 3.8) is 0 Å². The number of hydrogen-bond donors (Lipinski definition) is 1. The molecule has 0 saturated heterocycles. The van der Waals surface area contributed by atoms with Crippen LogP contribution in [0.3, 0.4) is 0 Å². The number of alkyl halides is 2. The molecular formula is C12H12ClF4N. The van der Waals surface area contributed by atoms with Crippen molar-refractivity contribution in [3.8, 4) is 0 Å². The molecule has 2 rings (SSSR count). The molecule has 0 bridgehead atoms. The first-order valence-corrected chi connectivity index (χ1v) is 5.94. The molecule has 0 spiro atoms. The van der Waals surface area contributed by atoms with E-state index in [1.807, 2.05) is 0 Å². The maximum absolute atomic E-state index is 13.8. The van der Waals surface area contributed by atoms with Gasteiger partial charge in [-0.3, -0.25) is 0 Å². The van der Waals surface area contributed by atoms with Gasteiger partial charge in [0.1, 0.15) is 16.7 Å². The highest BCUT2D eigenvalue weighted by Crippen LogP contribution is 2.43. The summed E-state index contributed by atoms with van der Waals surface area (Å²) in [4.78, 5) is 0. The van der Waals surface area contributed by atoms with E-state index in [2.05, 4.69) is 0 Å². The van der Waals surface area contributed by atoms with Crippen LogP contribution in [-0.2, 0) is 5.54 Å². The highest BCUT2D eigenvalue weighted by atomic mass is 35.5. The summed E-state index contributed by atoms with van der Waals surface area (Å²) in [6, 6.07) is 2.18. The Labute approximate surface area is 107 Å². The fourth-order valence-electron chi connectivity index (χ4n) is 2.24. The van der Waals surface area contributed by atoms with Crippen LogP contribution in [0.2, 0.25) is 5.02 Å². The minimum Gasteiger partial charge on any atom is -0.321 e. The van der Waals surface area contributed by atoms with E-state index in [1.54, 1.807) is 0 Å². The normalized spacial score (nSPS) is 21.9. The van der Waals surface area contributed by atoms with Gasteiger partial charge in [-0.25, -0.2) is 17.6 Å². The summed E-state index contributed by atoms with van der Waals surface area (Å²) in [5.74, 6) is -4.60. The Hall–Kier alpha value is -0.810. The zero-order valence-corrected chi connectivity index (χ0v) is 10.2. The van der Waals surface area contributed by atoms with Crippen LogP contribution in [-0.4, -0.2) is 5.92 Å². The van der Waals surface area contributed by atoms with Gasteiger partial charge in [-0.15, -0.1) is 0 Å². The van der Waals surface area contributed by atoms with E-state index in [-0.39, 0.29) is 18.4 Å². The van der Waals surface area contributed by atoms with E-state index in [0.717, 1.165) is 6.07 Å². The van der Waals surface area contributed by atoms with E-state index < -0.39 is 41.0 Å². The van der Waals surface area contributed by atoms with Gasteiger partial charge in [0.25, 0.3) is 0 Å². The fraction of sp³-hybridized carbons (Fsp3) is 0.500. The third-order valence-electron chi connectivity index (χ3n) is 3.45. The van der Waals surface area contributed by atoms with Crippen LogP contribution in [0.4, 0.5) is 17.6 Å². The molecule has 1 fully saturated rings. The lowest BCUT2D eigenvalue weighted by atomic mass is 9.76. The molecule has 0 radical (unpaired) electrons. The average molecular weight is 282 g/mol. The highest BCUT2D eigenvalue weighted by Gasteiger charge is 2.43. The van der Waals surface area contributed by atoms with Gasteiger partial charge in [0.05, 0.1) is 0 Å². The molecule has 100 valence electrons. The Kier molecular flexibility index (Phi) is 3.32. The van der Waals surface area contributed by atoms with Crippen molar-refractivity contribution in [2.75, 3.05) is 0 Å². The number of halogens is 5. The van der Waals surface area contributed by atoms with Crippen LogP contribution in [0, 0.1) is 11.6 Å². The monoisotopic (exact) mass is 281 g/mol. The number of rotatable bonds is 1. The lowest BCUT2D eigenvalue weighted by Crippen LogP contribution is -2.44. The molecule has 0 amide bonds. The summed E-state index contributed by atoms with van der Waals surface area (Å²) in [6.07, 6.45) is -0.923. The van der Waals surface area contributed by atoms with Gasteiger partial charge in [-0.05, 0) is 18.9 Å². The molecule has 0 atom stereocenters. The van der Waals surface area contributed by atoms with E-state index in [1.165, 1.54) is 6.07 Å². The summed E-state index contributed by atoms with van der Waals surface area (Å²) < 4.78 is 53.0. The molecule has 1 aromatic carbocycles. The molecular weight excluding hydrogens is 270 g/mol. The van der Waals surface area contributed by atoms with Crippen LogP contribution in [0.25, 0.3) is 0 Å². The van der Waals surface area contributed by atoms with Gasteiger partial charge < -0.3 is 5.73 Å². The third kappa shape index (κ3) is 2.34. The van der Waals surface area contributed by atoms with E-state index in [0.29, 0.717) is 0 Å². The second kappa shape index (κ2) is 4.38. The summed E-state index contributed by atoms with van der Waals surface area (Å²) in [5, 5.41) is -0.644. The van der Waals surface area contributed by atoms with Crippen molar-refractivity contribution < 1.29 is 17.6 Å². The first kappa shape index (κ1) is 13.6. The van der Waals surface area contributed by atoms with Gasteiger partial charge in [-0.1, -0.05) is 17.7 Å². The molecule has 0 unspecified atom stereocenters. The zero-order valence-electron chi connectivity index (χ0n) is 9.45. The molecule has 0 aromatic heterocycles.